The molecule has 4 saturated carbocycles. The van der Waals surface area contributed by atoms with Crippen molar-refractivity contribution in [2.24, 2.45) is 52.3 Å². The van der Waals surface area contributed by atoms with Crippen LogP contribution in [0.15, 0.2) is 0 Å². The average molecular weight is 467 g/mol. The van der Waals surface area contributed by atoms with Gasteiger partial charge in [-0.2, -0.15) is 0 Å². The molecule has 33 heavy (non-hydrogen) atoms. The molecule has 0 bridgehead atoms. The van der Waals surface area contributed by atoms with E-state index in [9.17, 15) is 30.3 Å². The zero-order chi connectivity index (χ0) is 24.3. The van der Waals surface area contributed by atoms with Crippen LogP contribution in [0.5, 0.6) is 0 Å². The van der Waals surface area contributed by atoms with Crippen molar-refractivity contribution in [1.82, 2.24) is 0 Å². The molecule has 0 aromatic carbocycles. The molecule has 4 aliphatic carbocycles. The highest BCUT2D eigenvalue weighted by Crippen LogP contribution is 2.68. The van der Waals surface area contributed by atoms with Gasteiger partial charge in [0.15, 0.2) is 0 Å². The van der Waals surface area contributed by atoms with Crippen LogP contribution in [0, 0.1) is 52.3 Å². The summed E-state index contributed by atoms with van der Waals surface area (Å²) in [6, 6.07) is 0. The Kier molecular flexibility index (Phi) is 6.98. The average Bonchev–Trinajstić information content (AvgIpc) is 3.11. The molecule has 0 radical (unpaired) electrons. The van der Waals surface area contributed by atoms with Gasteiger partial charge in [-0.25, -0.2) is 0 Å². The molecule has 5 N–H and O–H groups in total. The number of hydrogen-bond donors (Lipinski definition) is 5. The van der Waals surface area contributed by atoms with Crippen LogP contribution < -0.4 is 0 Å². The minimum absolute atomic E-state index is 0.0268. The summed E-state index contributed by atoms with van der Waals surface area (Å²) in [6.07, 6.45) is 5.03. The molecule has 4 rings (SSSR count). The van der Waals surface area contributed by atoms with Crippen molar-refractivity contribution in [1.29, 1.82) is 0 Å². The first-order valence-corrected chi connectivity index (χ1v) is 13.4. The molecular formula is C27H46O6. The van der Waals surface area contributed by atoms with E-state index in [2.05, 4.69) is 20.8 Å². The van der Waals surface area contributed by atoms with Gasteiger partial charge >= 0.3 is 5.97 Å². The van der Waals surface area contributed by atoms with Crippen molar-refractivity contribution < 1.29 is 30.3 Å². The number of carboxylic acid groups (broad SMARTS) is 1. The fourth-order valence-corrected chi connectivity index (χ4v) is 9.14. The Morgan fingerprint density at radius 3 is 2.33 bits per heavy atom. The predicted molar refractivity (Wildman–Crippen MR) is 125 cm³/mol. The van der Waals surface area contributed by atoms with Gasteiger partial charge < -0.3 is 25.5 Å². The molecule has 4 fully saturated rings. The summed E-state index contributed by atoms with van der Waals surface area (Å²) in [4.78, 5) is 11.2. The Bertz CT molecular complexity index is 727. The maximum atomic E-state index is 11.6. The standard InChI is InChI=1S/C27H46O6/c1-14(25(32)33)5-8-21(29)15(2)18-6-7-19-24-20(13-23(31)27(18,19)4)26(3)10-9-17(28)11-16(26)12-22(24)30/h14-24,28-31H,5-13H2,1-4H3,(H,32,33)/t14?,15-,16-,17+,18+,19-,20-,21+,22+,23-,24-,26-,27+/m0/s1. The Hall–Kier alpha value is -0.690. The fraction of sp³-hybridized carbons (Fsp3) is 0.963. The summed E-state index contributed by atoms with van der Waals surface area (Å²) in [5, 5.41) is 53.4. The molecule has 0 aromatic rings. The minimum atomic E-state index is -0.829. The molecule has 0 aliphatic heterocycles. The first-order valence-electron chi connectivity index (χ1n) is 13.4. The SMILES string of the molecule is CC(CC[C@@H](O)[C@@H](C)[C@H]1CC[C@H]2[C@@H]3[C@H](O)C[C@@H]4C[C@H](O)CC[C@]4(C)[C@H]3C[C@H](O)[C@]12C)C(=O)O. The number of rotatable bonds is 6. The summed E-state index contributed by atoms with van der Waals surface area (Å²) in [5.41, 5.74) is -0.292. The van der Waals surface area contributed by atoms with Gasteiger partial charge in [-0.05, 0) is 104 Å². The second kappa shape index (κ2) is 9.07. The topological polar surface area (TPSA) is 118 Å². The molecule has 1 unspecified atom stereocenters. The van der Waals surface area contributed by atoms with Crippen molar-refractivity contribution in [2.45, 2.75) is 110 Å². The number of aliphatic carboxylic acids is 1. The first kappa shape index (κ1) is 25.4. The van der Waals surface area contributed by atoms with Gasteiger partial charge in [0.2, 0.25) is 0 Å². The van der Waals surface area contributed by atoms with Gasteiger partial charge in [-0.3, -0.25) is 4.79 Å². The lowest BCUT2D eigenvalue weighted by Crippen LogP contribution is -2.62. The molecule has 6 heteroatoms. The van der Waals surface area contributed by atoms with Crippen LogP contribution >= 0.6 is 0 Å². The van der Waals surface area contributed by atoms with E-state index < -0.39 is 30.2 Å². The molecule has 6 nitrogen and oxygen atoms in total. The summed E-state index contributed by atoms with van der Waals surface area (Å²) >= 11 is 0. The summed E-state index contributed by atoms with van der Waals surface area (Å²) in [7, 11) is 0. The Morgan fingerprint density at radius 1 is 0.970 bits per heavy atom. The highest BCUT2D eigenvalue weighted by atomic mass is 16.4. The van der Waals surface area contributed by atoms with Gasteiger partial charge in [0.05, 0.1) is 30.3 Å². The largest absolute Gasteiger partial charge is 0.481 e. The van der Waals surface area contributed by atoms with Crippen molar-refractivity contribution in [3.05, 3.63) is 0 Å². The highest BCUT2D eigenvalue weighted by molar-refractivity contribution is 5.69. The Balaban J connectivity index is 1.54. The van der Waals surface area contributed by atoms with Crippen molar-refractivity contribution >= 4 is 5.97 Å². The Morgan fingerprint density at radius 2 is 1.67 bits per heavy atom. The van der Waals surface area contributed by atoms with Gasteiger partial charge in [-0.1, -0.05) is 27.7 Å². The third kappa shape index (κ3) is 4.07. The predicted octanol–water partition coefficient (Wildman–Crippen LogP) is 3.45. The van der Waals surface area contributed by atoms with E-state index in [1.165, 1.54) is 0 Å². The molecule has 0 aromatic heterocycles. The first-order chi connectivity index (χ1) is 15.4. The lowest BCUT2D eigenvalue weighted by molar-refractivity contribution is -0.208. The smallest absolute Gasteiger partial charge is 0.306 e. The van der Waals surface area contributed by atoms with E-state index >= 15 is 0 Å². The summed E-state index contributed by atoms with van der Waals surface area (Å²) < 4.78 is 0. The van der Waals surface area contributed by atoms with Gasteiger partial charge in [0, 0.05) is 0 Å². The number of hydrogen-bond acceptors (Lipinski definition) is 5. The summed E-state index contributed by atoms with van der Waals surface area (Å²) in [5.74, 6) is -0.213. The second-order valence-electron chi connectivity index (χ2n) is 12.8. The van der Waals surface area contributed by atoms with Gasteiger partial charge in [0.25, 0.3) is 0 Å². The number of aliphatic hydroxyl groups excluding tert-OH is 4. The van der Waals surface area contributed by atoms with Crippen LogP contribution in [0.1, 0.15) is 85.5 Å². The molecule has 0 spiro atoms. The number of carbonyl (C=O) groups is 1. The minimum Gasteiger partial charge on any atom is -0.481 e. The van der Waals surface area contributed by atoms with E-state index in [-0.39, 0.29) is 46.5 Å². The molecular weight excluding hydrogens is 420 g/mol. The van der Waals surface area contributed by atoms with Crippen LogP contribution in [0.2, 0.25) is 0 Å². The molecule has 0 amide bonds. The van der Waals surface area contributed by atoms with E-state index in [0.717, 1.165) is 38.5 Å². The van der Waals surface area contributed by atoms with E-state index in [4.69, 9.17) is 0 Å². The monoisotopic (exact) mass is 466 g/mol. The summed E-state index contributed by atoms with van der Waals surface area (Å²) in [6.45, 7) is 8.26. The van der Waals surface area contributed by atoms with E-state index in [0.29, 0.717) is 25.2 Å². The zero-order valence-corrected chi connectivity index (χ0v) is 20.9. The molecule has 0 heterocycles. The third-order valence-corrected chi connectivity index (χ3v) is 11.4. The fourth-order valence-electron chi connectivity index (χ4n) is 9.14. The van der Waals surface area contributed by atoms with Crippen molar-refractivity contribution in [3.63, 3.8) is 0 Å². The normalized spacial score (nSPS) is 49.9. The van der Waals surface area contributed by atoms with Crippen molar-refractivity contribution in [3.8, 4) is 0 Å². The molecule has 190 valence electrons. The van der Waals surface area contributed by atoms with Crippen LogP contribution in [-0.2, 0) is 4.79 Å². The number of aliphatic hydroxyl groups is 4. The lowest BCUT2D eigenvalue weighted by atomic mass is 9.43. The maximum absolute atomic E-state index is 11.6. The van der Waals surface area contributed by atoms with Gasteiger partial charge in [-0.15, -0.1) is 0 Å². The third-order valence-electron chi connectivity index (χ3n) is 11.4. The lowest BCUT2D eigenvalue weighted by Gasteiger charge is -2.63. The van der Waals surface area contributed by atoms with E-state index in [1.807, 2.05) is 0 Å². The van der Waals surface area contributed by atoms with Crippen LogP contribution in [0.3, 0.4) is 0 Å². The highest BCUT2D eigenvalue weighted by Gasteiger charge is 2.66. The van der Waals surface area contributed by atoms with E-state index in [1.54, 1.807) is 6.92 Å². The second-order valence-corrected chi connectivity index (χ2v) is 12.8. The quantitative estimate of drug-likeness (QED) is 0.409. The van der Waals surface area contributed by atoms with Crippen LogP contribution in [0.4, 0.5) is 0 Å². The van der Waals surface area contributed by atoms with Gasteiger partial charge in [0.1, 0.15) is 0 Å². The number of carboxylic acids is 1. The Labute approximate surface area is 198 Å². The van der Waals surface area contributed by atoms with Crippen LogP contribution in [0.25, 0.3) is 0 Å². The molecule has 0 saturated heterocycles. The molecule has 4 aliphatic rings. The maximum Gasteiger partial charge on any atom is 0.306 e. The zero-order valence-electron chi connectivity index (χ0n) is 20.9. The molecule has 13 atom stereocenters. The van der Waals surface area contributed by atoms with Crippen molar-refractivity contribution in [2.75, 3.05) is 0 Å². The number of fused-ring (bicyclic) bond motifs is 5. The van der Waals surface area contributed by atoms with Crippen LogP contribution in [-0.4, -0.2) is 55.9 Å².